The van der Waals surface area contributed by atoms with Gasteiger partial charge < -0.3 is 9.15 Å². The summed E-state index contributed by atoms with van der Waals surface area (Å²) in [5.74, 6) is -0.951. The monoisotopic (exact) mass is 207 g/mol. The van der Waals surface area contributed by atoms with E-state index in [0.717, 1.165) is 0 Å². The van der Waals surface area contributed by atoms with E-state index in [2.05, 4.69) is 4.98 Å². The smallest absolute Gasteiger partial charge is 0.417 e. The molecule has 1 aromatic carbocycles. The first-order chi connectivity index (χ1) is 7.20. The number of benzene rings is 1. The number of fused-ring (bicyclic) bond motifs is 1. The lowest BCUT2D eigenvalue weighted by atomic mass is 10.2. The van der Waals surface area contributed by atoms with E-state index in [0.29, 0.717) is 23.3 Å². The first-order valence-corrected chi connectivity index (χ1v) is 4.50. The van der Waals surface area contributed by atoms with Crippen molar-refractivity contribution in [3.05, 3.63) is 34.3 Å². The van der Waals surface area contributed by atoms with Gasteiger partial charge in [-0.2, -0.15) is 0 Å². The maximum absolute atomic E-state index is 11.4. The van der Waals surface area contributed by atoms with E-state index in [9.17, 15) is 9.59 Å². The molecule has 2 rings (SSSR count). The molecule has 0 amide bonds. The van der Waals surface area contributed by atoms with Gasteiger partial charge in [0.05, 0.1) is 17.7 Å². The van der Waals surface area contributed by atoms with E-state index in [1.807, 2.05) is 0 Å². The highest BCUT2D eigenvalue weighted by atomic mass is 16.5. The number of H-pyrrole nitrogens is 1. The molecule has 78 valence electrons. The number of esters is 1. The maximum Gasteiger partial charge on any atom is 0.417 e. The Bertz CT molecular complexity index is 552. The number of nitrogens with one attached hydrogen (secondary N) is 1. The highest BCUT2D eigenvalue weighted by Gasteiger charge is 2.08. The van der Waals surface area contributed by atoms with Crippen molar-refractivity contribution in [3.8, 4) is 0 Å². The van der Waals surface area contributed by atoms with Crippen LogP contribution in [-0.2, 0) is 4.74 Å². The van der Waals surface area contributed by atoms with Crippen molar-refractivity contribution in [3.63, 3.8) is 0 Å². The van der Waals surface area contributed by atoms with Crippen LogP contribution in [0.1, 0.15) is 17.3 Å². The zero-order valence-corrected chi connectivity index (χ0v) is 8.07. The Morgan fingerprint density at radius 1 is 1.53 bits per heavy atom. The van der Waals surface area contributed by atoms with Gasteiger partial charge in [-0.25, -0.2) is 9.59 Å². The van der Waals surface area contributed by atoms with E-state index in [1.54, 1.807) is 19.1 Å². The van der Waals surface area contributed by atoms with Gasteiger partial charge in [-0.15, -0.1) is 0 Å². The van der Waals surface area contributed by atoms with Gasteiger partial charge in [0.2, 0.25) is 0 Å². The molecule has 15 heavy (non-hydrogen) atoms. The molecule has 0 aliphatic rings. The van der Waals surface area contributed by atoms with Crippen LogP contribution >= 0.6 is 0 Å². The summed E-state index contributed by atoms with van der Waals surface area (Å²) in [4.78, 5) is 24.7. The average Bonchev–Trinajstić information content (AvgIpc) is 2.57. The molecule has 0 aliphatic heterocycles. The number of hydrogen-bond acceptors (Lipinski definition) is 4. The Hall–Kier alpha value is -2.04. The van der Waals surface area contributed by atoms with Crippen LogP contribution in [0.5, 0.6) is 0 Å². The molecule has 0 unspecified atom stereocenters. The quantitative estimate of drug-likeness (QED) is 0.753. The van der Waals surface area contributed by atoms with E-state index in [1.165, 1.54) is 6.07 Å². The van der Waals surface area contributed by atoms with Crippen molar-refractivity contribution in [1.82, 2.24) is 4.98 Å². The molecular formula is C10H9NO4. The summed E-state index contributed by atoms with van der Waals surface area (Å²) in [7, 11) is 0. The van der Waals surface area contributed by atoms with Gasteiger partial charge >= 0.3 is 11.7 Å². The summed E-state index contributed by atoms with van der Waals surface area (Å²) < 4.78 is 9.62. The molecule has 0 spiro atoms. The van der Waals surface area contributed by atoms with E-state index < -0.39 is 11.7 Å². The summed E-state index contributed by atoms with van der Waals surface area (Å²) in [5, 5.41) is 0. The third-order valence-corrected chi connectivity index (χ3v) is 1.93. The Labute approximate surface area is 84.7 Å². The van der Waals surface area contributed by atoms with Crippen LogP contribution in [0.25, 0.3) is 11.1 Å². The third kappa shape index (κ3) is 1.76. The van der Waals surface area contributed by atoms with Gasteiger partial charge in [0, 0.05) is 0 Å². The molecule has 2 aromatic rings. The average molecular weight is 207 g/mol. The van der Waals surface area contributed by atoms with E-state index in [-0.39, 0.29) is 0 Å². The number of carbonyl (C=O) groups excluding carboxylic acids is 1. The topological polar surface area (TPSA) is 72.3 Å². The molecule has 0 radical (unpaired) electrons. The minimum Gasteiger partial charge on any atom is -0.462 e. The number of oxazole rings is 1. The fraction of sp³-hybridized carbons (Fsp3) is 0.200. The molecule has 1 aromatic heterocycles. The summed E-state index contributed by atoms with van der Waals surface area (Å²) in [6.45, 7) is 2.05. The summed E-state index contributed by atoms with van der Waals surface area (Å²) >= 11 is 0. The third-order valence-electron chi connectivity index (χ3n) is 1.93. The highest BCUT2D eigenvalue weighted by molar-refractivity contribution is 5.93. The summed E-state index contributed by atoms with van der Waals surface area (Å²) in [5.41, 5.74) is 1.31. The van der Waals surface area contributed by atoms with Crippen LogP contribution in [0.3, 0.4) is 0 Å². The highest BCUT2D eigenvalue weighted by Crippen LogP contribution is 2.12. The second-order valence-electron chi connectivity index (χ2n) is 2.95. The van der Waals surface area contributed by atoms with Crippen LogP contribution < -0.4 is 5.76 Å². The van der Waals surface area contributed by atoms with Gasteiger partial charge in [0.1, 0.15) is 0 Å². The fourth-order valence-corrected chi connectivity index (χ4v) is 1.29. The fourth-order valence-electron chi connectivity index (χ4n) is 1.29. The first-order valence-electron chi connectivity index (χ1n) is 4.50. The molecule has 5 nitrogen and oxygen atoms in total. The van der Waals surface area contributed by atoms with E-state index in [4.69, 9.17) is 9.15 Å². The Morgan fingerprint density at radius 3 is 3.07 bits per heavy atom. The maximum atomic E-state index is 11.4. The largest absolute Gasteiger partial charge is 0.462 e. The van der Waals surface area contributed by atoms with E-state index >= 15 is 0 Å². The molecule has 0 atom stereocenters. The Kier molecular flexibility index (Phi) is 2.29. The molecule has 5 heteroatoms. The lowest BCUT2D eigenvalue weighted by Crippen LogP contribution is -2.04. The minimum atomic E-state index is -0.536. The van der Waals surface area contributed by atoms with Gasteiger partial charge in [-0.3, -0.25) is 4.98 Å². The van der Waals surface area contributed by atoms with Gasteiger partial charge in [-0.05, 0) is 25.1 Å². The van der Waals surface area contributed by atoms with Crippen LogP contribution in [0, 0.1) is 0 Å². The molecule has 0 fully saturated rings. The Balaban J connectivity index is 2.46. The standard InChI is InChI=1S/C10H9NO4/c1-2-14-9(12)6-3-4-8-7(5-6)11-10(13)15-8/h3-5H,2H2,1H3,(H,11,13). The van der Waals surface area contributed by atoms with Gasteiger partial charge in [0.15, 0.2) is 5.58 Å². The molecule has 0 saturated carbocycles. The zero-order valence-electron chi connectivity index (χ0n) is 8.07. The van der Waals surface area contributed by atoms with Gasteiger partial charge in [0.25, 0.3) is 0 Å². The number of aromatic amines is 1. The predicted molar refractivity (Wildman–Crippen MR) is 52.8 cm³/mol. The number of aromatic nitrogens is 1. The van der Waals surface area contributed by atoms with Crippen LogP contribution in [0.2, 0.25) is 0 Å². The number of rotatable bonds is 2. The minimum absolute atomic E-state index is 0.318. The molecular weight excluding hydrogens is 198 g/mol. The second-order valence-corrected chi connectivity index (χ2v) is 2.95. The molecule has 0 aliphatic carbocycles. The molecule has 0 saturated heterocycles. The van der Waals surface area contributed by atoms with Crippen molar-refractivity contribution < 1.29 is 13.9 Å². The van der Waals surface area contributed by atoms with Crippen molar-refractivity contribution >= 4 is 17.1 Å². The second kappa shape index (κ2) is 3.61. The molecule has 0 bridgehead atoms. The lowest BCUT2D eigenvalue weighted by Gasteiger charge is -2.00. The lowest BCUT2D eigenvalue weighted by molar-refractivity contribution is 0.0526. The number of hydrogen-bond donors (Lipinski definition) is 1. The molecule has 1 heterocycles. The number of ether oxygens (including phenoxy) is 1. The SMILES string of the molecule is CCOC(=O)c1ccc2oc(=O)[nH]c2c1. The van der Waals surface area contributed by atoms with Crippen molar-refractivity contribution in [2.24, 2.45) is 0 Å². The Morgan fingerprint density at radius 2 is 2.33 bits per heavy atom. The van der Waals surface area contributed by atoms with Crippen molar-refractivity contribution in [1.29, 1.82) is 0 Å². The van der Waals surface area contributed by atoms with Gasteiger partial charge in [-0.1, -0.05) is 0 Å². The number of carbonyl (C=O) groups is 1. The van der Waals surface area contributed by atoms with Crippen LogP contribution in [0.4, 0.5) is 0 Å². The van der Waals surface area contributed by atoms with Crippen molar-refractivity contribution in [2.75, 3.05) is 6.61 Å². The molecule has 1 N–H and O–H groups in total. The normalized spacial score (nSPS) is 10.5. The summed E-state index contributed by atoms with van der Waals surface area (Å²) in [6.07, 6.45) is 0. The van der Waals surface area contributed by atoms with Crippen molar-refractivity contribution in [2.45, 2.75) is 6.92 Å². The predicted octanol–water partition coefficient (Wildman–Crippen LogP) is 1.30. The summed E-state index contributed by atoms with van der Waals surface area (Å²) in [6, 6.07) is 4.63. The zero-order chi connectivity index (χ0) is 10.8. The van der Waals surface area contributed by atoms with Crippen LogP contribution in [0.15, 0.2) is 27.4 Å². The van der Waals surface area contributed by atoms with Crippen LogP contribution in [-0.4, -0.2) is 17.6 Å². The first kappa shape index (κ1) is 9.51.